The van der Waals surface area contributed by atoms with Crippen LogP contribution in [0.25, 0.3) is 0 Å². The summed E-state index contributed by atoms with van der Waals surface area (Å²) in [6.07, 6.45) is 0. The Morgan fingerprint density at radius 1 is 1.56 bits per heavy atom. The molecule has 0 fully saturated rings. The summed E-state index contributed by atoms with van der Waals surface area (Å²) in [4.78, 5) is 0. The van der Waals surface area contributed by atoms with Crippen molar-refractivity contribution >= 4 is 27.5 Å². The molecule has 0 atom stereocenters. The van der Waals surface area contributed by atoms with Crippen LogP contribution in [0.3, 0.4) is 0 Å². The first-order valence-electron chi connectivity index (χ1n) is 4.94. The standard InChI is InChI=1S/C12H15BrClNO/c1-8-4-11(13)5-10(6-15-3)12(8)16-7-9(2)14/h4-5,15H,2,6-7H2,1,3H3. The van der Waals surface area contributed by atoms with Crippen molar-refractivity contribution in [3.8, 4) is 5.75 Å². The van der Waals surface area contributed by atoms with Crippen molar-refractivity contribution in [2.45, 2.75) is 13.5 Å². The van der Waals surface area contributed by atoms with Gasteiger partial charge in [-0.3, -0.25) is 0 Å². The molecule has 4 heteroatoms. The molecule has 0 saturated carbocycles. The monoisotopic (exact) mass is 303 g/mol. The summed E-state index contributed by atoms with van der Waals surface area (Å²) in [6, 6.07) is 4.06. The van der Waals surface area contributed by atoms with Crippen LogP contribution in [0.5, 0.6) is 5.75 Å². The lowest BCUT2D eigenvalue weighted by atomic mass is 10.1. The van der Waals surface area contributed by atoms with Gasteiger partial charge in [0.2, 0.25) is 0 Å². The van der Waals surface area contributed by atoms with E-state index < -0.39 is 0 Å². The second-order valence-electron chi connectivity index (χ2n) is 3.55. The van der Waals surface area contributed by atoms with Crippen LogP contribution < -0.4 is 10.1 Å². The summed E-state index contributed by atoms with van der Waals surface area (Å²) < 4.78 is 6.69. The quantitative estimate of drug-likeness (QED) is 0.897. The van der Waals surface area contributed by atoms with Gasteiger partial charge in [0.25, 0.3) is 0 Å². The molecule has 88 valence electrons. The number of aryl methyl sites for hydroxylation is 1. The highest BCUT2D eigenvalue weighted by Gasteiger charge is 2.08. The van der Waals surface area contributed by atoms with Gasteiger partial charge in [-0.1, -0.05) is 34.1 Å². The molecule has 0 bridgehead atoms. The van der Waals surface area contributed by atoms with Gasteiger partial charge in [-0.2, -0.15) is 0 Å². The molecule has 0 aliphatic heterocycles. The normalized spacial score (nSPS) is 10.2. The Hall–Kier alpha value is -0.510. The van der Waals surface area contributed by atoms with Crippen molar-refractivity contribution in [1.82, 2.24) is 5.32 Å². The van der Waals surface area contributed by atoms with Crippen molar-refractivity contribution in [3.63, 3.8) is 0 Å². The zero-order chi connectivity index (χ0) is 12.1. The topological polar surface area (TPSA) is 21.3 Å². The Balaban J connectivity index is 2.98. The van der Waals surface area contributed by atoms with E-state index in [1.165, 1.54) is 0 Å². The maximum atomic E-state index is 5.70. The van der Waals surface area contributed by atoms with Crippen LogP contribution in [-0.4, -0.2) is 13.7 Å². The highest BCUT2D eigenvalue weighted by atomic mass is 79.9. The number of hydrogen-bond donors (Lipinski definition) is 1. The van der Waals surface area contributed by atoms with E-state index in [9.17, 15) is 0 Å². The highest BCUT2D eigenvalue weighted by molar-refractivity contribution is 9.10. The number of benzene rings is 1. The molecule has 0 aliphatic carbocycles. The lowest BCUT2D eigenvalue weighted by molar-refractivity contribution is 0.352. The van der Waals surface area contributed by atoms with E-state index in [4.69, 9.17) is 16.3 Å². The predicted octanol–water partition coefficient (Wildman–Crippen LogP) is 3.61. The summed E-state index contributed by atoms with van der Waals surface area (Å²) in [7, 11) is 1.90. The van der Waals surface area contributed by atoms with Gasteiger partial charge in [0.15, 0.2) is 0 Å². The third-order valence-corrected chi connectivity index (χ3v) is 2.62. The summed E-state index contributed by atoms with van der Waals surface area (Å²) in [5, 5.41) is 3.61. The first-order chi connectivity index (χ1) is 7.54. The van der Waals surface area contributed by atoms with Crippen molar-refractivity contribution in [1.29, 1.82) is 0 Å². The third-order valence-electron chi connectivity index (χ3n) is 2.06. The van der Waals surface area contributed by atoms with Gasteiger partial charge in [0.05, 0.1) is 0 Å². The molecule has 0 aromatic heterocycles. The number of halogens is 2. The summed E-state index contributed by atoms with van der Waals surface area (Å²) in [5.41, 5.74) is 2.19. The predicted molar refractivity (Wildman–Crippen MR) is 72.1 cm³/mol. The molecule has 1 N–H and O–H groups in total. The summed E-state index contributed by atoms with van der Waals surface area (Å²) in [5.74, 6) is 0.874. The number of hydrogen-bond acceptors (Lipinski definition) is 2. The van der Waals surface area contributed by atoms with E-state index >= 15 is 0 Å². The molecule has 0 spiro atoms. The smallest absolute Gasteiger partial charge is 0.127 e. The van der Waals surface area contributed by atoms with Crippen molar-refractivity contribution in [3.05, 3.63) is 39.3 Å². The van der Waals surface area contributed by atoms with Gasteiger partial charge < -0.3 is 10.1 Å². The molecule has 0 aliphatic rings. The third kappa shape index (κ3) is 3.81. The van der Waals surface area contributed by atoms with Gasteiger partial charge in [0.1, 0.15) is 12.4 Å². The maximum absolute atomic E-state index is 5.70. The van der Waals surface area contributed by atoms with Gasteiger partial charge in [0, 0.05) is 21.6 Å². The lowest BCUT2D eigenvalue weighted by Crippen LogP contribution is -2.09. The first kappa shape index (κ1) is 13.6. The fourth-order valence-corrected chi connectivity index (χ4v) is 2.15. The van der Waals surface area contributed by atoms with Crippen LogP contribution >= 0.6 is 27.5 Å². The van der Waals surface area contributed by atoms with Gasteiger partial charge in [-0.15, -0.1) is 0 Å². The fraction of sp³-hybridized carbons (Fsp3) is 0.333. The Labute approximate surface area is 110 Å². The Morgan fingerprint density at radius 3 is 2.81 bits per heavy atom. The molecule has 0 radical (unpaired) electrons. The largest absolute Gasteiger partial charge is 0.487 e. The van der Waals surface area contributed by atoms with E-state index in [0.717, 1.165) is 27.9 Å². The van der Waals surface area contributed by atoms with E-state index in [0.29, 0.717) is 11.6 Å². The van der Waals surface area contributed by atoms with Crippen LogP contribution in [0.15, 0.2) is 28.2 Å². The molecule has 0 unspecified atom stereocenters. The summed E-state index contributed by atoms with van der Waals surface area (Å²) in [6.45, 7) is 6.71. The molecular formula is C12H15BrClNO. The first-order valence-corrected chi connectivity index (χ1v) is 6.11. The maximum Gasteiger partial charge on any atom is 0.127 e. The SMILES string of the molecule is C=C(Cl)COc1c(C)cc(Br)cc1CNC. The molecule has 0 heterocycles. The Bertz CT molecular complexity index is 393. The average Bonchev–Trinajstić information content (AvgIpc) is 2.16. The van der Waals surface area contributed by atoms with Crippen molar-refractivity contribution in [2.24, 2.45) is 0 Å². The van der Waals surface area contributed by atoms with Gasteiger partial charge in [-0.25, -0.2) is 0 Å². The van der Waals surface area contributed by atoms with Crippen LogP contribution in [-0.2, 0) is 6.54 Å². The molecule has 2 nitrogen and oxygen atoms in total. The van der Waals surface area contributed by atoms with Gasteiger partial charge in [-0.05, 0) is 31.7 Å². The fourth-order valence-electron chi connectivity index (χ4n) is 1.48. The molecule has 1 aromatic carbocycles. The van der Waals surface area contributed by atoms with E-state index in [2.05, 4.69) is 27.8 Å². The number of rotatable bonds is 5. The highest BCUT2D eigenvalue weighted by Crippen LogP contribution is 2.28. The minimum atomic E-state index is 0.334. The van der Waals surface area contributed by atoms with Crippen LogP contribution in [0, 0.1) is 6.92 Å². The molecule has 0 saturated heterocycles. The number of nitrogens with one attached hydrogen (secondary N) is 1. The Kier molecular flexibility index (Phi) is 5.32. The van der Waals surface area contributed by atoms with E-state index in [1.54, 1.807) is 0 Å². The van der Waals surface area contributed by atoms with Crippen molar-refractivity contribution in [2.75, 3.05) is 13.7 Å². The molecular weight excluding hydrogens is 289 g/mol. The van der Waals surface area contributed by atoms with Crippen LogP contribution in [0.1, 0.15) is 11.1 Å². The second kappa shape index (κ2) is 6.28. The zero-order valence-corrected chi connectivity index (χ0v) is 11.8. The second-order valence-corrected chi connectivity index (χ2v) is 5.00. The molecule has 0 amide bonds. The molecule has 1 aromatic rings. The van der Waals surface area contributed by atoms with Crippen LogP contribution in [0.2, 0.25) is 0 Å². The minimum absolute atomic E-state index is 0.334. The summed E-state index contributed by atoms with van der Waals surface area (Å²) >= 11 is 9.17. The number of ether oxygens (including phenoxy) is 1. The van der Waals surface area contributed by atoms with Gasteiger partial charge >= 0.3 is 0 Å². The molecule has 16 heavy (non-hydrogen) atoms. The lowest BCUT2D eigenvalue weighted by Gasteiger charge is -2.14. The molecule has 1 rings (SSSR count). The van der Waals surface area contributed by atoms with E-state index in [1.807, 2.05) is 26.1 Å². The average molecular weight is 305 g/mol. The zero-order valence-electron chi connectivity index (χ0n) is 9.44. The van der Waals surface area contributed by atoms with Crippen LogP contribution in [0.4, 0.5) is 0 Å². The Morgan fingerprint density at radius 2 is 2.25 bits per heavy atom. The van der Waals surface area contributed by atoms with Crippen molar-refractivity contribution < 1.29 is 4.74 Å². The minimum Gasteiger partial charge on any atom is -0.487 e. The van der Waals surface area contributed by atoms with E-state index in [-0.39, 0.29) is 0 Å².